The highest BCUT2D eigenvalue weighted by atomic mass is 32.2. The maximum atomic E-state index is 13.6. The van der Waals surface area contributed by atoms with Crippen LogP contribution in [0.3, 0.4) is 0 Å². The zero-order valence-corrected chi connectivity index (χ0v) is 15.7. The van der Waals surface area contributed by atoms with Gasteiger partial charge in [-0.05, 0) is 24.3 Å². The van der Waals surface area contributed by atoms with E-state index >= 15 is 0 Å². The molecule has 0 unspecified atom stereocenters. The molecule has 0 aliphatic carbocycles. The maximum absolute atomic E-state index is 13.6. The Kier molecular flexibility index (Phi) is 5.95. The summed E-state index contributed by atoms with van der Waals surface area (Å²) in [6.45, 7) is 1.19. The van der Waals surface area contributed by atoms with Gasteiger partial charge in [0.2, 0.25) is 15.9 Å². The lowest BCUT2D eigenvalue weighted by Crippen LogP contribution is -2.50. The van der Waals surface area contributed by atoms with E-state index in [1.807, 2.05) is 0 Å². The van der Waals surface area contributed by atoms with Gasteiger partial charge in [0.05, 0.1) is 10.6 Å². The fraction of sp³-hybridized carbons (Fsp3) is 0.278. The quantitative estimate of drug-likeness (QED) is 0.731. The van der Waals surface area contributed by atoms with Crippen LogP contribution in [-0.2, 0) is 14.8 Å². The van der Waals surface area contributed by atoms with Gasteiger partial charge in [0.1, 0.15) is 5.82 Å². The second-order valence-corrected chi connectivity index (χ2v) is 8.77. The number of hydrogen-bond acceptors (Lipinski definition) is 4. The number of sulfonamides is 1. The second kappa shape index (κ2) is 8.20. The molecule has 0 radical (unpaired) electrons. The van der Waals surface area contributed by atoms with E-state index in [0.29, 0.717) is 18.0 Å². The summed E-state index contributed by atoms with van der Waals surface area (Å²) in [5, 5.41) is 0. The third-order valence-electron chi connectivity index (χ3n) is 4.16. The van der Waals surface area contributed by atoms with Crippen LogP contribution in [0.5, 0.6) is 0 Å². The van der Waals surface area contributed by atoms with Crippen LogP contribution >= 0.6 is 11.8 Å². The molecule has 138 valence electrons. The van der Waals surface area contributed by atoms with Crippen LogP contribution in [0.4, 0.5) is 4.39 Å². The molecule has 1 amide bonds. The summed E-state index contributed by atoms with van der Waals surface area (Å²) >= 11 is 1.15. The number of amides is 1. The highest BCUT2D eigenvalue weighted by Gasteiger charge is 2.29. The summed E-state index contributed by atoms with van der Waals surface area (Å²) < 4.78 is 40.2. The van der Waals surface area contributed by atoms with Crippen molar-refractivity contribution in [1.82, 2.24) is 9.21 Å². The van der Waals surface area contributed by atoms with Crippen molar-refractivity contribution >= 4 is 27.7 Å². The number of carbonyl (C=O) groups is 1. The van der Waals surface area contributed by atoms with Crippen LogP contribution < -0.4 is 0 Å². The number of carbonyl (C=O) groups excluding carboxylic acids is 1. The SMILES string of the molecule is O=C(CSc1ccccc1F)N1CCN(S(=O)(=O)c2ccccc2)CC1. The molecular formula is C18H19FN2O3S2. The summed E-state index contributed by atoms with van der Waals surface area (Å²) in [6, 6.07) is 14.6. The first-order valence-corrected chi connectivity index (χ1v) is 10.6. The lowest BCUT2D eigenvalue weighted by atomic mass is 10.3. The summed E-state index contributed by atoms with van der Waals surface area (Å²) in [7, 11) is -3.53. The van der Waals surface area contributed by atoms with E-state index in [1.54, 1.807) is 53.4 Å². The van der Waals surface area contributed by atoms with Crippen LogP contribution in [0.25, 0.3) is 0 Å². The van der Waals surface area contributed by atoms with Crippen molar-refractivity contribution in [3.8, 4) is 0 Å². The largest absolute Gasteiger partial charge is 0.339 e. The third-order valence-corrected chi connectivity index (χ3v) is 7.11. The highest BCUT2D eigenvalue weighted by Crippen LogP contribution is 2.22. The fourth-order valence-electron chi connectivity index (χ4n) is 2.71. The van der Waals surface area contributed by atoms with Crippen LogP contribution in [0.2, 0.25) is 0 Å². The Hall–Kier alpha value is -1.90. The van der Waals surface area contributed by atoms with E-state index in [1.165, 1.54) is 10.4 Å². The molecule has 0 atom stereocenters. The Balaban J connectivity index is 1.55. The molecule has 2 aromatic rings. The minimum Gasteiger partial charge on any atom is -0.339 e. The van der Waals surface area contributed by atoms with Crippen LogP contribution in [0.15, 0.2) is 64.4 Å². The minimum absolute atomic E-state index is 0.116. The second-order valence-electron chi connectivity index (χ2n) is 5.82. The number of nitrogens with zero attached hydrogens (tertiary/aromatic N) is 2. The average molecular weight is 394 g/mol. The zero-order chi connectivity index (χ0) is 18.6. The molecule has 8 heteroatoms. The molecule has 5 nitrogen and oxygen atoms in total. The Labute approximate surface area is 156 Å². The molecule has 3 rings (SSSR count). The fourth-order valence-corrected chi connectivity index (χ4v) is 5.00. The summed E-state index contributed by atoms with van der Waals surface area (Å²) in [5.74, 6) is -0.328. The van der Waals surface area contributed by atoms with E-state index in [2.05, 4.69) is 0 Å². The molecule has 1 aliphatic rings. The first-order chi connectivity index (χ1) is 12.5. The Morgan fingerprint density at radius 3 is 2.23 bits per heavy atom. The van der Waals surface area contributed by atoms with Gasteiger partial charge >= 0.3 is 0 Å². The van der Waals surface area contributed by atoms with Crippen LogP contribution in [0, 0.1) is 5.82 Å². The lowest BCUT2D eigenvalue weighted by Gasteiger charge is -2.34. The molecule has 26 heavy (non-hydrogen) atoms. The molecule has 0 spiro atoms. The van der Waals surface area contributed by atoms with E-state index < -0.39 is 10.0 Å². The third kappa shape index (κ3) is 4.25. The topological polar surface area (TPSA) is 57.7 Å². The molecule has 0 N–H and O–H groups in total. The van der Waals surface area contributed by atoms with E-state index in [-0.39, 0.29) is 35.5 Å². The normalized spacial score (nSPS) is 15.8. The standard InChI is InChI=1S/C18H19FN2O3S2/c19-16-8-4-5-9-17(16)25-14-18(22)20-10-12-21(13-11-20)26(23,24)15-6-2-1-3-7-15/h1-9H,10-14H2. The molecule has 1 fully saturated rings. The van der Waals surface area contributed by atoms with Crippen molar-refractivity contribution in [3.05, 3.63) is 60.4 Å². The first kappa shape index (κ1) is 18.9. The van der Waals surface area contributed by atoms with E-state index in [9.17, 15) is 17.6 Å². The summed E-state index contributed by atoms with van der Waals surface area (Å²) in [4.78, 5) is 14.6. The van der Waals surface area contributed by atoms with Gasteiger partial charge < -0.3 is 4.90 Å². The molecule has 0 bridgehead atoms. The van der Waals surface area contributed by atoms with Gasteiger partial charge in [0.25, 0.3) is 0 Å². The predicted molar refractivity (Wildman–Crippen MR) is 98.9 cm³/mol. The molecule has 1 aliphatic heterocycles. The molecule has 1 heterocycles. The number of hydrogen-bond donors (Lipinski definition) is 0. The number of benzene rings is 2. The van der Waals surface area contributed by atoms with Gasteiger partial charge in [-0.25, -0.2) is 12.8 Å². The molecular weight excluding hydrogens is 375 g/mol. The van der Waals surface area contributed by atoms with Crippen molar-refractivity contribution < 1.29 is 17.6 Å². The monoisotopic (exact) mass is 394 g/mol. The minimum atomic E-state index is -3.53. The molecule has 1 saturated heterocycles. The van der Waals surface area contributed by atoms with Gasteiger partial charge in [-0.3, -0.25) is 4.79 Å². The Morgan fingerprint density at radius 2 is 1.58 bits per heavy atom. The van der Waals surface area contributed by atoms with Crippen molar-refractivity contribution in [1.29, 1.82) is 0 Å². The number of thioether (sulfide) groups is 1. The number of piperazine rings is 1. The van der Waals surface area contributed by atoms with Gasteiger partial charge in [-0.1, -0.05) is 30.3 Å². The average Bonchev–Trinajstić information content (AvgIpc) is 2.68. The lowest BCUT2D eigenvalue weighted by molar-refractivity contribution is -0.129. The van der Waals surface area contributed by atoms with Gasteiger partial charge in [-0.2, -0.15) is 4.31 Å². The van der Waals surface area contributed by atoms with E-state index in [0.717, 1.165) is 11.8 Å². The van der Waals surface area contributed by atoms with Crippen molar-refractivity contribution in [2.24, 2.45) is 0 Å². The van der Waals surface area contributed by atoms with Gasteiger partial charge in [0.15, 0.2) is 0 Å². The predicted octanol–water partition coefficient (Wildman–Crippen LogP) is 2.45. The summed E-state index contributed by atoms with van der Waals surface area (Å²) in [5.41, 5.74) is 0. The van der Waals surface area contributed by atoms with Gasteiger partial charge in [-0.15, -0.1) is 11.8 Å². The smallest absolute Gasteiger partial charge is 0.243 e. The van der Waals surface area contributed by atoms with Crippen molar-refractivity contribution in [3.63, 3.8) is 0 Å². The zero-order valence-electron chi connectivity index (χ0n) is 14.0. The van der Waals surface area contributed by atoms with Gasteiger partial charge in [0, 0.05) is 31.1 Å². The summed E-state index contributed by atoms with van der Waals surface area (Å²) in [6.07, 6.45) is 0. The highest BCUT2D eigenvalue weighted by molar-refractivity contribution is 8.00. The van der Waals surface area contributed by atoms with Crippen LogP contribution in [0.1, 0.15) is 0 Å². The Bertz CT molecular complexity index is 867. The van der Waals surface area contributed by atoms with E-state index in [4.69, 9.17) is 0 Å². The van der Waals surface area contributed by atoms with Crippen LogP contribution in [-0.4, -0.2) is 55.5 Å². The van der Waals surface area contributed by atoms with Crippen molar-refractivity contribution in [2.45, 2.75) is 9.79 Å². The molecule has 0 saturated carbocycles. The Morgan fingerprint density at radius 1 is 0.962 bits per heavy atom. The number of rotatable bonds is 5. The number of halogens is 1. The van der Waals surface area contributed by atoms with Crippen molar-refractivity contribution in [2.75, 3.05) is 31.9 Å². The maximum Gasteiger partial charge on any atom is 0.243 e. The molecule has 2 aromatic carbocycles. The molecule has 0 aromatic heterocycles. The first-order valence-electron chi connectivity index (χ1n) is 8.19.